The first-order valence-electron chi connectivity index (χ1n) is 7.19. The summed E-state index contributed by atoms with van der Waals surface area (Å²) in [6.45, 7) is 2.52. The first kappa shape index (κ1) is 18.4. The van der Waals surface area contributed by atoms with Crippen LogP contribution in [-0.4, -0.2) is 46.0 Å². The molecule has 0 aliphatic carbocycles. The van der Waals surface area contributed by atoms with Crippen LogP contribution < -0.4 is 10.6 Å². The Balaban J connectivity index is 2.36. The number of nitrogens with one attached hydrogen (secondary N) is 2. The zero-order valence-electron chi connectivity index (χ0n) is 13.3. The summed E-state index contributed by atoms with van der Waals surface area (Å²) in [5.74, 6) is 0.508. The van der Waals surface area contributed by atoms with E-state index in [-0.39, 0.29) is 17.6 Å². The third-order valence-corrected chi connectivity index (χ3v) is 4.10. The van der Waals surface area contributed by atoms with E-state index in [1.54, 1.807) is 13.1 Å². The largest absolute Gasteiger partial charge is 0.356 e. The number of aliphatic imine (C=N–C) groups is 1. The second kappa shape index (κ2) is 8.73. The van der Waals surface area contributed by atoms with Crippen LogP contribution in [0.3, 0.4) is 0 Å². The molecule has 0 saturated heterocycles. The van der Waals surface area contributed by atoms with E-state index >= 15 is 0 Å². The van der Waals surface area contributed by atoms with E-state index in [9.17, 15) is 12.8 Å². The van der Waals surface area contributed by atoms with Gasteiger partial charge >= 0.3 is 0 Å². The van der Waals surface area contributed by atoms with E-state index in [4.69, 9.17) is 0 Å². The molecule has 0 radical (unpaired) electrons. The fourth-order valence-corrected chi connectivity index (χ4v) is 2.69. The van der Waals surface area contributed by atoms with Crippen molar-refractivity contribution in [3.8, 4) is 0 Å². The maximum Gasteiger partial charge on any atom is 0.191 e. The molecule has 22 heavy (non-hydrogen) atoms. The molecule has 0 saturated carbocycles. The molecular formula is C15H24FN3O2S. The highest BCUT2D eigenvalue weighted by molar-refractivity contribution is 7.90. The second-order valence-electron chi connectivity index (χ2n) is 5.34. The van der Waals surface area contributed by atoms with Gasteiger partial charge in [0.1, 0.15) is 15.7 Å². The van der Waals surface area contributed by atoms with Crippen LogP contribution in [0.15, 0.2) is 29.3 Å². The van der Waals surface area contributed by atoms with Crippen LogP contribution in [0.4, 0.5) is 4.39 Å². The standard InChI is InChI=1S/C15H24FN3O2S/c1-12(8-10-22(3,20)21)19-15(17-2)18-9-7-13-5-4-6-14(16)11-13/h4-6,11-12H,7-10H2,1-3H3,(H2,17,18,19). The molecule has 0 spiro atoms. The molecule has 0 aliphatic heterocycles. The molecule has 1 unspecified atom stereocenters. The predicted octanol–water partition coefficient (Wildman–Crippen LogP) is 1.36. The zero-order chi connectivity index (χ0) is 16.6. The van der Waals surface area contributed by atoms with E-state index in [0.717, 1.165) is 5.56 Å². The molecule has 1 aromatic carbocycles. The molecular weight excluding hydrogens is 305 g/mol. The van der Waals surface area contributed by atoms with Crippen LogP contribution in [0.25, 0.3) is 0 Å². The number of benzene rings is 1. The lowest BCUT2D eigenvalue weighted by Gasteiger charge is -2.17. The van der Waals surface area contributed by atoms with Crippen molar-refractivity contribution in [2.75, 3.05) is 25.6 Å². The third kappa shape index (κ3) is 7.97. The Bertz CT molecular complexity index is 603. The smallest absolute Gasteiger partial charge is 0.191 e. The molecule has 124 valence electrons. The highest BCUT2D eigenvalue weighted by Gasteiger charge is 2.09. The summed E-state index contributed by atoms with van der Waals surface area (Å²) in [7, 11) is -1.30. The first-order chi connectivity index (χ1) is 10.3. The van der Waals surface area contributed by atoms with E-state index in [2.05, 4.69) is 15.6 Å². The highest BCUT2D eigenvalue weighted by Crippen LogP contribution is 2.03. The normalized spacial score (nSPS) is 13.7. The Morgan fingerprint density at radius 3 is 2.73 bits per heavy atom. The van der Waals surface area contributed by atoms with Crippen LogP contribution >= 0.6 is 0 Å². The lowest BCUT2D eigenvalue weighted by atomic mass is 10.1. The molecule has 5 nitrogen and oxygen atoms in total. The van der Waals surface area contributed by atoms with Gasteiger partial charge in [-0.1, -0.05) is 12.1 Å². The SMILES string of the molecule is CN=C(NCCc1cccc(F)c1)NC(C)CCS(C)(=O)=O. The molecule has 0 aromatic heterocycles. The molecule has 0 bridgehead atoms. The molecule has 1 atom stereocenters. The molecule has 0 fully saturated rings. The van der Waals surface area contributed by atoms with Crippen molar-refractivity contribution in [2.24, 2.45) is 4.99 Å². The quantitative estimate of drug-likeness (QED) is 0.585. The molecule has 7 heteroatoms. The maximum atomic E-state index is 13.1. The van der Waals surface area contributed by atoms with Crippen LogP contribution in [-0.2, 0) is 16.3 Å². The summed E-state index contributed by atoms with van der Waals surface area (Å²) in [5, 5.41) is 6.27. The zero-order valence-corrected chi connectivity index (χ0v) is 14.1. The van der Waals surface area contributed by atoms with Crippen molar-refractivity contribution in [3.05, 3.63) is 35.6 Å². The monoisotopic (exact) mass is 329 g/mol. The summed E-state index contributed by atoms with van der Waals surface area (Å²) in [6, 6.07) is 6.48. The van der Waals surface area contributed by atoms with Crippen molar-refractivity contribution in [1.82, 2.24) is 10.6 Å². The molecule has 0 amide bonds. The average molecular weight is 329 g/mol. The van der Waals surface area contributed by atoms with Gasteiger partial charge in [-0.2, -0.15) is 0 Å². The molecule has 2 N–H and O–H groups in total. The van der Waals surface area contributed by atoms with Crippen molar-refractivity contribution >= 4 is 15.8 Å². The lowest BCUT2D eigenvalue weighted by Crippen LogP contribution is -2.43. The number of halogens is 1. The fourth-order valence-electron chi connectivity index (χ4n) is 1.91. The summed E-state index contributed by atoms with van der Waals surface area (Å²) in [4.78, 5) is 4.09. The summed E-state index contributed by atoms with van der Waals surface area (Å²) < 4.78 is 35.4. The summed E-state index contributed by atoms with van der Waals surface area (Å²) in [6.07, 6.45) is 2.42. The van der Waals surface area contributed by atoms with E-state index in [1.807, 2.05) is 13.0 Å². The van der Waals surface area contributed by atoms with Gasteiger partial charge in [-0.3, -0.25) is 4.99 Å². The van der Waals surface area contributed by atoms with Crippen molar-refractivity contribution in [2.45, 2.75) is 25.8 Å². The van der Waals surface area contributed by atoms with Crippen LogP contribution in [0.2, 0.25) is 0 Å². The topological polar surface area (TPSA) is 70.6 Å². The number of nitrogens with zero attached hydrogens (tertiary/aromatic N) is 1. The molecule has 0 heterocycles. The minimum absolute atomic E-state index is 0.00454. The van der Waals surface area contributed by atoms with Crippen molar-refractivity contribution < 1.29 is 12.8 Å². The third-order valence-electron chi connectivity index (χ3n) is 3.12. The lowest BCUT2D eigenvalue weighted by molar-refractivity contribution is 0.581. The van der Waals surface area contributed by atoms with Gasteiger partial charge in [0, 0.05) is 25.9 Å². The van der Waals surface area contributed by atoms with Gasteiger partial charge in [0.2, 0.25) is 0 Å². The summed E-state index contributed by atoms with van der Waals surface area (Å²) >= 11 is 0. The second-order valence-corrected chi connectivity index (χ2v) is 7.60. The predicted molar refractivity (Wildman–Crippen MR) is 88.4 cm³/mol. The number of sulfone groups is 1. The van der Waals surface area contributed by atoms with Crippen LogP contribution in [0.5, 0.6) is 0 Å². The number of hydrogen-bond acceptors (Lipinski definition) is 3. The number of rotatable bonds is 7. The minimum Gasteiger partial charge on any atom is -0.356 e. The Kier molecular flexibility index (Phi) is 7.31. The van der Waals surface area contributed by atoms with Gasteiger partial charge < -0.3 is 10.6 Å². The van der Waals surface area contributed by atoms with Crippen LogP contribution in [0.1, 0.15) is 18.9 Å². The highest BCUT2D eigenvalue weighted by atomic mass is 32.2. The van der Waals surface area contributed by atoms with Crippen molar-refractivity contribution in [1.29, 1.82) is 0 Å². The summed E-state index contributed by atoms with van der Waals surface area (Å²) in [5.41, 5.74) is 0.910. The van der Waals surface area contributed by atoms with E-state index < -0.39 is 9.84 Å². The van der Waals surface area contributed by atoms with Gasteiger partial charge in [-0.15, -0.1) is 0 Å². The fraction of sp³-hybridized carbons (Fsp3) is 0.533. The van der Waals surface area contributed by atoms with E-state index in [1.165, 1.54) is 18.4 Å². The van der Waals surface area contributed by atoms with Crippen LogP contribution in [0, 0.1) is 5.82 Å². The Morgan fingerprint density at radius 1 is 1.41 bits per heavy atom. The Hall–Kier alpha value is -1.63. The average Bonchev–Trinajstić information content (AvgIpc) is 2.43. The van der Waals surface area contributed by atoms with E-state index in [0.29, 0.717) is 25.3 Å². The Labute approximate surface area is 132 Å². The first-order valence-corrected chi connectivity index (χ1v) is 9.25. The maximum absolute atomic E-state index is 13.1. The number of guanidine groups is 1. The minimum atomic E-state index is -2.95. The van der Waals surface area contributed by atoms with Gasteiger partial charge in [0.15, 0.2) is 5.96 Å². The number of hydrogen-bond donors (Lipinski definition) is 2. The van der Waals surface area contributed by atoms with Gasteiger partial charge in [-0.05, 0) is 37.5 Å². The van der Waals surface area contributed by atoms with Gasteiger partial charge in [0.05, 0.1) is 5.75 Å². The van der Waals surface area contributed by atoms with Crippen molar-refractivity contribution in [3.63, 3.8) is 0 Å². The Morgan fingerprint density at radius 2 is 2.14 bits per heavy atom. The van der Waals surface area contributed by atoms with Gasteiger partial charge in [-0.25, -0.2) is 12.8 Å². The molecule has 1 aromatic rings. The molecule has 0 aliphatic rings. The molecule has 1 rings (SSSR count). The van der Waals surface area contributed by atoms with Gasteiger partial charge in [0.25, 0.3) is 0 Å².